The van der Waals surface area contributed by atoms with Crippen LogP contribution in [0.5, 0.6) is 11.5 Å². The molecule has 1 unspecified atom stereocenters. The Morgan fingerprint density at radius 1 is 1.28 bits per heavy atom. The van der Waals surface area contributed by atoms with Gasteiger partial charge in [0, 0.05) is 39.1 Å². The van der Waals surface area contributed by atoms with E-state index in [2.05, 4.69) is 14.9 Å². The molecule has 9 nitrogen and oxygen atoms in total. The predicted octanol–water partition coefficient (Wildman–Crippen LogP) is 1.16. The monoisotopic (exact) mass is 469 g/mol. The second-order valence-electron chi connectivity index (χ2n) is 8.54. The minimum Gasteiger partial charge on any atom is -0.490 e. The van der Waals surface area contributed by atoms with Crippen LogP contribution in [0, 0.1) is 12.8 Å². The van der Waals surface area contributed by atoms with Crippen LogP contribution in [0.3, 0.4) is 0 Å². The molecule has 1 fully saturated rings. The number of benzene rings is 1. The maximum Gasteiger partial charge on any atom is 0.255 e. The molecule has 1 aromatic carbocycles. The molecule has 0 bridgehead atoms. The van der Waals surface area contributed by atoms with Crippen LogP contribution < -0.4 is 19.5 Å². The molecule has 0 aliphatic carbocycles. The number of piperidine rings is 1. The first-order valence-electron chi connectivity index (χ1n) is 11.1. The van der Waals surface area contributed by atoms with E-state index in [-0.39, 0.29) is 17.9 Å². The van der Waals surface area contributed by atoms with Crippen molar-refractivity contribution >= 4 is 15.9 Å². The summed E-state index contributed by atoms with van der Waals surface area (Å²) in [5.41, 5.74) is 1.46. The van der Waals surface area contributed by atoms with E-state index < -0.39 is 10.0 Å². The molecule has 3 rings (SSSR count). The topological polar surface area (TPSA) is 106 Å². The van der Waals surface area contributed by atoms with E-state index in [9.17, 15) is 13.2 Å². The number of sulfonamides is 1. The van der Waals surface area contributed by atoms with E-state index >= 15 is 0 Å². The lowest BCUT2D eigenvalue weighted by atomic mass is 9.93. The first-order chi connectivity index (χ1) is 15.3. The third kappa shape index (κ3) is 7.06. The second-order valence-corrected chi connectivity index (χ2v) is 10.4. The van der Waals surface area contributed by atoms with Crippen LogP contribution in [0.1, 0.15) is 35.2 Å². The molecule has 0 radical (unpaired) electrons. The Labute approximate surface area is 190 Å². The fraction of sp³-hybridized carbons (Fsp3) is 0.682. The molecule has 1 amide bonds. The third-order valence-electron chi connectivity index (χ3n) is 5.86. The van der Waals surface area contributed by atoms with Gasteiger partial charge in [-0.15, -0.1) is 0 Å². The van der Waals surface area contributed by atoms with Crippen molar-refractivity contribution in [1.29, 1.82) is 0 Å². The van der Waals surface area contributed by atoms with Crippen LogP contribution in [0.25, 0.3) is 0 Å². The van der Waals surface area contributed by atoms with Crippen LogP contribution in [-0.2, 0) is 14.8 Å². The lowest BCUT2D eigenvalue weighted by molar-refractivity contribution is -0.0105. The van der Waals surface area contributed by atoms with Crippen LogP contribution in [0.2, 0.25) is 0 Å². The number of rotatable bonds is 9. The predicted molar refractivity (Wildman–Crippen MR) is 122 cm³/mol. The van der Waals surface area contributed by atoms with Crippen LogP contribution in [0.15, 0.2) is 12.1 Å². The summed E-state index contributed by atoms with van der Waals surface area (Å²) in [7, 11) is -1.46. The van der Waals surface area contributed by atoms with Gasteiger partial charge in [0.1, 0.15) is 0 Å². The largest absolute Gasteiger partial charge is 0.490 e. The molecule has 0 spiro atoms. The summed E-state index contributed by atoms with van der Waals surface area (Å²) in [5.74, 6) is 1.18. The smallest absolute Gasteiger partial charge is 0.255 e. The fourth-order valence-electron chi connectivity index (χ4n) is 4.19. The van der Waals surface area contributed by atoms with E-state index in [0.717, 1.165) is 44.5 Å². The van der Waals surface area contributed by atoms with Crippen molar-refractivity contribution in [2.75, 3.05) is 59.3 Å². The maximum absolute atomic E-state index is 13.0. The molecule has 1 saturated heterocycles. The molecule has 2 heterocycles. The molecule has 0 aromatic heterocycles. The standard InChI is InChI=1S/C22H35N3O6S/c1-16-12-18(21-19(13-16)30-10-5-11-31-21)22(26)23-14-17-6-9-25(15-20(17)29-2)8-4-7-24-32(3,27)28/h12-13,17,20,24H,4-11,14-15H2,1-3H3,(H,23,26)/t17?,20-/m1/s1. The van der Waals surface area contributed by atoms with Crippen molar-refractivity contribution in [1.82, 2.24) is 14.9 Å². The van der Waals surface area contributed by atoms with Crippen molar-refractivity contribution in [3.63, 3.8) is 0 Å². The van der Waals surface area contributed by atoms with Crippen molar-refractivity contribution in [3.05, 3.63) is 23.3 Å². The lowest BCUT2D eigenvalue weighted by Gasteiger charge is -2.38. The molecule has 0 saturated carbocycles. The zero-order valence-corrected chi connectivity index (χ0v) is 20.0. The number of ether oxygens (including phenoxy) is 3. The van der Waals surface area contributed by atoms with Gasteiger partial charge in [0.15, 0.2) is 11.5 Å². The van der Waals surface area contributed by atoms with Gasteiger partial charge in [-0.2, -0.15) is 0 Å². The Bertz CT molecular complexity index is 892. The lowest BCUT2D eigenvalue weighted by Crippen LogP contribution is -2.49. The van der Waals surface area contributed by atoms with Crippen molar-refractivity contribution in [2.24, 2.45) is 5.92 Å². The Morgan fingerprint density at radius 2 is 2.06 bits per heavy atom. The highest BCUT2D eigenvalue weighted by atomic mass is 32.2. The Morgan fingerprint density at radius 3 is 2.81 bits per heavy atom. The van der Waals surface area contributed by atoms with Crippen LogP contribution >= 0.6 is 0 Å². The van der Waals surface area contributed by atoms with E-state index in [1.165, 1.54) is 6.26 Å². The number of hydrogen-bond acceptors (Lipinski definition) is 7. The number of carbonyl (C=O) groups excluding carboxylic acids is 1. The van der Waals surface area contributed by atoms with E-state index in [1.807, 2.05) is 19.1 Å². The van der Waals surface area contributed by atoms with Crippen molar-refractivity contribution < 1.29 is 27.4 Å². The minimum absolute atomic E-state index is 0.00104. The second kappa shape index (κ2) is 11.3. The number of amides is 1. The van der Waals surface area contributed by atoms with Gasteiger partial charge in [0.05, 0.1) is 31.1 Å². The molecule has 32 heavy (non-hydrogen) atoms. The number of carbonyl (C=O) groups is 1. The Balaban J connectivity index is 1.52. The summed E-state index contributed by atoms with van der Waals surface area (Å²) in [6.45, 7) is 6.43. The van der Waals surface area contributed by atoms with Gasteiger partial charge < -0.3 is 24.4 Å². The molecular formula is C22H35N3O6S. The van der Waals surface area contributed by atoms with Crippen LogP contribution in [0.4, 0.5) is 0 Å². The molecular weight excluding hydrogens is 434 g/mol. The van der Waals surface area contributed by atoms with Gasteiger partial charge in [-0.05, 0) is 50.6 Å². The number of fused-ring (bicyclic) bond motifs is 1. The summed E-state index contributed by atoms with van der Waals surface area (Å²) >= 11 is 0. The number of methoxy groups -OCH3 is 1. The number of hydrogen-bond donors (Lipinski definition) is 2. The first kappa shape index (κ1) is 24.8. The number of nitrogens with zero attached hydrogens (tertiary/aromatic N) is 1. The van der Waals surface area contributed by atoms with Crippen molar-refractivity contribution in [3.8, 4) is 11.5 Å². The summed E-state index contributed by atoms with van der Waals surface area (Å²) < 4.78 is 42.1. The summed E-state index contributed by atoms with van der Waals surface area (Å²) in [6, 6.07) is 3.74. The SMILES string of the molecule is CO[C@@H]1CN(CCCNS(C)(=O)=O)CCC1CNC(=O)c1cc(C)cc2c1OCCCO2. The zero-order valence-electron chi connectivity index (χ0n) is 19.2. The highest BCUT2D eigenvalue weighted by Gasteiger charge is 2.30. The average molecular weight is 470 g/mol. The van der Waals surface area contributed by atoms with Gasteiger partial charge in [-0.3, -0.25) is 4.79 Å². The number of likely N-dealkylation sites (tertiary alicyclic amines) is 1. The van der Waals surface area contributed by atoms with Crippen LogP contribution in [-0.4, -0.2) is 84.6 Å². The van der Waals surface area contributed by atoms with Gasteiger partial charge >= 0.3 is 0 Å². The quantitative estimate of drug-likeness (QED) is 0.523. The normalized spacial score (nSPS) is 21.7. The maximum atomic E-state index is 13.0. The molecule has 180 valence electrons. The molecule has 2 aliphatic heterocycles. The molecule has 10 heteroatoms. The third-order valence-corrected chi connectivity index (χ3v) is 6.59. The molecule has 2 aliphatic rings. The van der Waals surface area contributed by atoms with E-state index in [4.69, 9.17) is 14.2 Å². The summed E-state index contributed by atoms with van der Waals surface area (Å²) in [6.07, 6.45) is 3.59. The summed E-state index contributed by atoms with van der Waals surface area (Å²) in [4.78, 5) is 15.3. The number of nitrogens with one attached hydrogen (secondary N) is 2. The molecule has 1 aromatic rings. The molecule has 2 N–H and O–H groups in total. The first-order valence-corrected chi connectivity index (χ1v) is 13.0. The fourth-order valence-corrected chi connectivity index (χ4v) is 4.71. The highest BCUT2D eigenvalue weighted by Crippen LogP contribution is 2.34. The Hall–Kier alpha value is -1.88. The van der Waals surface area contributed by atoms with Gasteiger partial charge in [0.2, 0.25) is 10.0 Å². The van der Waals surface area contributed by atoms with Gasteiger partial charge in [0.25, 0.3) is 5.91 Å². The minimum atomic E-state index is -3.15. The zero-order chi connectivity index (χ0) is 23.1. The summed E-state index contributed by atoms with van der Waals surface area (Å²) in [5, 5.41) is 3.06. The van der Waals surface area contributed by atoms with Gasteiger partial charge in [-0.25, -0.2) is 13.1 Å². The average Bonchev–Trinajstić information content (AvgIpc) is 2.99. The highest BCUT2D eigenvalue weighted by molar-refractivity contribution is 7.88. The Kier molecular flexibility index (Phi) is 8.75. The van der Waals surface area contributed by atoms with Crippen molar-refractivity contribution in [2.45, 2.75) is 32.3 Å². The number of aryl methyl sites for hydroxylation is 1. The van der Waals surface area contributed by atoms with E-state index in [0.29, 0.717) is 43.4 Å². The molecule has 2 atom stereocenters. The van der Waals surface area contributed by atoms with E-state index in [1.54, 1.807) is 7.11 Å². The van der Waals surface area contributed by atoms with Gasteiger partial charge in [-0.1, -0.05) is 0 Å².